The van der Waals surface area contributed by atoms with E-state index < -0.39 is 5.91 Å². The molecule has 88 valence electrons. The average Bonchev–Trinajstić information content (AvgIpc) is 2.20. The van der Waals surface area contributed by atoms with Gasteiger partial charge >= 0.3 is 0 Å². The lowest BCUT2D eigenvalue weighted by Gasteiger charge is -2.16. The fraction of sp³-hybridized carbons (Fsp3) is 0.364. The number of hydrogen-bond donors (Lipinski definition) is 3. The van der Waals surface area contributed by atoms with E-state index in [-0.39, 0.29) is 6.04 Å². The van der Waals surface area contributed by atoms with Crippen molar-refractivity contribution in [3.05, 3.63) is 23.8 Å². The van der Waals surface area contributed by atoms with Crippen LogP contribution in [0.3, 0.4) is 0 Å². The van der Waals surface area contributed by atoms with Crippen molar-refractivity contribution in [2.45, 2.75) is 13.0 Å². The SMILES string of the molecule is CSCC(C)Nc1ccc(N)cc1C(N)=O. The third-order valence-corrected chi connectivity index (χ3v) is 2.96. The molecular weight excluding hydrogens is 222 g/mol. The largest absolute Gasteiger partial charge is 0.399 e. The Morgan fingerprint density at radius 2 is 2.25 bits per heavy atom. The number of primary amides is 1. The minimum atomic E-state index is -0.467. The van der Waals surface area contributed by atoms with Crippen molar-refractivity contribution in [2.24, 2.45) is 5.73 Å². The van der Waals surface area contributed by atoms with E-state index in [9.17, 15) is 4.79 Å². The summed E-state index contributed by atoms with van der Waals surface area (Å²) in [5.41, 5.74) is 12.6. The molecule has 1 amide bonds. The third kappa shape index (κ3) is 3.34. The van der Waals surface area contributed by atoms with Crippen LogP contribution in [-0.2, 0) is 0 Å². The topological polar surface area (TPSA) is 81.1 Å². The van der Waals surface area contributed by atoms with Crippen molar-refractivity contribution >= 4 is 29.0 Å². The highest BCUT2D eigenvalue weighted by molar-refractivity contribution is 7.98. The first-order chi connectivity index (χ1) is 7.54. The maximum atomic E-state index is 11.2. The average molecular weight is 239 g/mol. The number of hydrogen-bond acceptors (Lipinski definition) is 4. The molecule has 1 aromatic rings. The second kappa shape index (κ2) is 5.65. The Morgan fingerprint density at radius 1 is 1.56 bits per heavy atom. The summed E-state index contributed by atoms with van der Waals surface area (Å²) >= 11 is 1.74. The van der Waals surface area contributed by atoms with Crippen LogP contribution in [0, 0.1) is 0 Å². The van der Waals surface area contributed by atoms with Gasteiger partial charge in [0.2, 0.25) is 0 Å². The van der Waals surface area contributed by atoms with Crippen molar-refractivity contribution in [1.29, 1.82) is 0 Å². The van der Waals surface area contributed by atoms with E-state index in [1.165, 1.54) is 0 Å². The van der Waals surface area contributed by atoms with Crippen molar-refractivity contribution in [2.75, 3.05) is 23.1 Å². The minimum absolute atomic E-state index is 0.275. The van der Waals surface area contributed by atoms with Gasteiger partial charge in [-0.2, -0.15) is 11.8 Å². The Balaban J connectivity index is 2.90. The van der Waals surface area contributed by atoms with Crippen molar-refractivity contribution in [1.82, 2.24) is 0 Å². The molecular formula is C11H17N3OS. The molecule has 1 unspecified atom stereocenters. The van der Waals surface area contributed by atoms with Crippen LogP contribution in [0.2, 0.25) is 0 Å². The van der Waals surface area contributed by atoms with Crippen molar-refractivity contribution < 1.29 is 4.79 Å². The van der Waals surface area contributed by atoms with Gasteiger partial charge < -0.3 is 16.8 Å². The van der Waals surface area contributed by atoms with Crippen LogP contribution in [0.5, 0.6) is 0 Å². The minimum Gasteiger partial charge on any atom is -0.399 e. The number of benzene rings is 1. The fourth-order valence-corrected chi connectivity index (χ4v) is 2.03. The van der Waals surface area contributed by atoms with E-state index in [0.717, 1.165) is 11.4 Å². The van der Waals surface area contributed by atoms with Crippen LogP contribution >= 0.6 is 11.8 Å². The summed E-state index contributed by atoms with van der Waals surface area (Å²) in [6, 6.07) is 5.40. The molecule has 0 bridgehead atoms. The van der Waals surface area contributed by atoms with Gasteiger partial charge in [0, 0.05) is 23.2 Å². The highest BCUT2D eigenvalue weighted by Gasteiger charge is 2.10. The van der Waals surface area contributed by atoms with E-state index in [0.29, 0.717) is 11.3 Å². The number of nitrogens with two attached hydrogens (primary N) is 2. The lowest BCUT2D eigenvalue weighted by atomic mass is 10.1. The lowest BCUT2D eigenvalue weighted by molar-refractivity contribution is 0.100. The van der Waals surface area contributed by atoms with Gasteiger partial charge in [-0.1, -0.05) is 0 Å². The number of anilines is 2. The van der Waals surface area contributed by atoms with Gasteiger partial charge in [0.25, 0.3) is 5.91 Å². The fourth-order valence-electron chi connectivity index (χ4n) is 1.45. The van der Waals surface area contributed by atoms with Gasteiger partial charge in [0.05, 0.1) is 5.56 Å². The summed E-state index contributed by atoms with van der Waals surface area (Å²) in [6.07, 6.45) is 2.04. The molecule has 0 radical (unpaired) electrons. The third-order valence-electron chi connectivity index (χ3n) is 2.13. The Kier molecular flexibility index (Phi) is 4.49. The van der Waals surface area contributed by atoms with Gasteiger partial charge in [-0.3, -0.25) is 4.79 Å². The first-order valence-electron chi connectivity index (χ1n) is 4.99. The molecule has 4 nitrogen and oxygen atoms in total. The summed E-state index contributed by atoms with van der Waals surface area (Å²) in [6.45, 7) is 2.05. The Morgan fingerprint density at radius 3 is 2.81 bits per heavy atom. The summed E-state index contributed by atoms with van der Waals surface area (Å²) in [5.74, 6) is 0.494. The van der Waals surface area contributed by atoms with Crippen LogP contribution in [0.1, 0.15) is 17.3 Å². The predicted octanol–water partition coefficient (Wildman–Crippen LogP) is 1.53. The van der Waals surface area contributed by atoms with Gasteiger partial charge in [-0.25, -0.2) is 0 Å². The molecule has 0 aromatic heterocycles. The summed E-state index contributed by atoms with van der Waals surface area (Å²) in [4.78, 5) is 11.2. The molecule has 5 heteroatoms. The molecule has 0 saturated heterocycles. The Bertz CT molecular complexity index is 381. The van der Waals surface area contributed by atoms with Crippen molar-refractivity contribution in [3.63, 3.8) is 0 Å². The standard InChI is InChI=1S/C11H17N3OS/c1-7(6-16-2)14-10-4-3-8(12)5-9(10)11(13)15/h3-5,7,14H,6,12H2,1-2H3,(H2,13,15). The number of amides is 1. The van der Waals surface area contributed by atoms with E-state index in [4.69, 9.17) is 11.5 Å². The molecule has 0 aliphatic heterocycles. The number of rotatable bonds is 5. The van der Waals surface area contributed by atoms with Crippen LogP contribution < -0.4 is 16.8 Å². The second-order valence-electron chi connectivity index (χ2n) is 3.67. The number of thioether (sulfide) groups is 1. The molecule has 1 atom stereocenters. The number of nitrogen functional groups attached to an aromatic ring is 1. The maximum absolute atomic E-state index is 11.2. The smallest absolute Gasteiger partial charge is 0.250 e. The van der Waals surface area contributed by atoms with Crippen molar-refractivity contribution in [3.8, 4) is 0 Å². The zero-order chi connectivity index (χ0) is 12.1. The second-order valence-corrected chi connectivity index (χ2v) is 4.58. The first kappa shape index (κ1) is 12.7. The van der Waals surface area contributed by atoms with Gasteiger partial charge in [-0.05, 0) is 31.4 Å². The molecule has 16 heavy (non-hydrogen) atoms. The quantitative estimate of drug-likeness (QED) is 0.681. The van der Waals surface area contributed by atoms with Crippen LogP contribution in [0.15, 0.2) is 18.2 Å². The molecule has 1 aromatic carbocycles. The van der Waals surface area contributed by atoms with Crippen LogP contribution in [-0.4, -0.2) is 24.0 Å². The van der Waals surface area contributed by atoms with Crippen LogP contribution in [0.4, 0.5) is 11.4 Å². The number of carbonyl (C=O) groups excluding carboxylic acids is 1. The summed E-state index contributed by atoms with van der Waals surface area (Å²) in [5, 5.41) is 3.24. The molecule has 0 fully saturated rings. The molecule has 0 saturated carbocycles. The van der Waals surface area contributed by atoms with E-state index in [1.807, 2.05) is 6.26 Å². The Labute approximate surface area is 99.8 Å². The first-order valence-corrected chi connectivity index (χ1v) is 6.38. The molecule has 0 aliphatic carbocycles. The van der Waals surface area contributed by atoms with Gasteiger partial charge in [-0.15, -0.1) is 0 Å². The summed E-state index contributed by atoms with van der Waals surface area (Å²) < 4.78 is 0. The van der Waals surface area contributed by atoms with E-state index in [2.05, 4.69) is 12.2 Å². The number of carbonyl (C=O) groups is 1. The maximum Gasteiger partial charge on any atom is 0.250 e. The molecule has 1 rings (SSSR count). The normalized spacial score (nSPS) is 12.1. The molecule has 0 spiro atoms. The predicted molar refractivity (Wildman–Crippen MR) is 70.8 cm³/mol. The van der Waals surface area contributed by atoms with Gasteiger partial charge in [0.1, 0.15) is 0 Å². The molecule has 0 aliphatic rings. The lowest BCUT2D eigenvalue weighted by Crippen LogP contribution is -2.21. The molecule has 0 heterocycles. The molecule has 5 N–H and O–H groups in total. The van der Waals surface area contributed by atoms with Crippen LogP contribution in [0.25, 0.3) is 0 Å². The summed E-state index contributed by atoms with van der Waals surface area (Å²) in [7, 11) is 0. The highest BCUT2D eigenvalue weighted by Crippen LogP contribution is 2.19. The zero-order valence-electron chi connectivity index (χ0n) is 9.49. The zero-order valence-corrected chi connectivity index (χ0v) is 10.3. The van der Waals surface area contributed by atoms with Gasteiger partial charge in [0.15, 0.2) is 0 Å². The van der Waals surface area contributed by atoms with E-state index in [1.54, 1.807) is 30.0 Å². The Hall–Kier alpha value is -1.36. The number of nitrogens with one attached hydrogen (secondary N) is 1. The monoisotopic (exact) mass is 239 g/mol. The van der Waals surface area contributed by atoms with E-state index >= 15 is 0 Å². The highest BCUT2D eigenvalue weighted by atomic mass is 32.2.